The van der Waals surface area contributed by atoms with Crippen molar-refractivity contribution >= 4 is 11.7 Å². The van der Waals surface area contributed by atoms with Crippen molar-refractivity contribution in [3.63, 3.8) is 0 Å². The lowest BCUT2D eigenvalue weighted by atomic mass is 9.49. The summed E-state index contributed by atoms with van der Waals surface area (Å²) in [6.45, 7) is 7.42. The van der Waals surface area contributed by atoms with Crippen LogP contribution in [0, 0.1) is 23.1 Å². The first-order chi connectivity index (χ1) is 14.5. The average Bonchev–Trinajstić information content (AvgIpc) is 2.68. The molecule has 31 heavy (non-hydrogen) atoms. The summed E-state index contributed by atoms with van der Waals surface area (Å²) in [5, 5.41) is 5.13. The first-order valence-electron chi connectivity index (χ1n) is 10.9. The maximum Gasteiger partial charge on any atom is 0.416 e. The number of alkyl halides is 3. The highest BCUT2D eigenvalue weighted by Gasteiger charge is 2.51. The number of nitrogens with zero attached hydrogens (tertiary/aromatic N) is 1. The van der Waals surface area contributed by atoms with Crippen LogP contribution in [-0.4, -0.2) is 36.6 Å². The lowest BCUT2D eigenvalue weighted by Crippen LogP contribution is -2.51. The number of carbonyl (C=O) groups excluding carboxylic acids is 1. The van der Waals surface area contributed by atoms with Gasteiger partial charge in [0, 0.05) is 31.4 Å². The monoisotopic (exact) mass is 439 g/mol. The molecule has 4 aliphatic rings. The van der Waals surface area contributed by atoms with Crippen molar-refractivity contribution in [3.8, 4) is 0 Å². The van der Waals surface area contributed by atoms with E-state index in [9.17, 15) is 22.4 Å². The fourth-order valence-corrected chi connectivity index (χ4v) is 5.33. The number of nitrogens with one attached hydrogen (secondary N) is 2. The fraction of sp³-hybridized carbons (Fsp3) is 0.609. The predicted molar refractivity (Wildman–Crippen MR) is 111 cm³/mol. The van der Waals surface area contributed by atoms with E-state index in [0.717, 1.165) is 50.5 Å². The summed E-state index contributed by atoms with van der Waals surface area (Å²) in [6.07, 6.45) is 1.75. The van der Waals surface area contributed by atoms with Gasteiger partial charge in [0.15, 0.2) is 0 Å². The summed E-state index contributed by atoms with van der Waals surface area (Å²) in [7, 11) is 0. The van der Waals surface area contributed by atoms with Gasteiger partial charge in [-0.25, -0.2) is 9.18 Å². The quantitative estimate of drug-likeness (QED) is 0.486. The molecule has 8 heteroatoms. The molecule has 2 atom stereocenters. The molecule has 1 saturated carbocycles. The molecular weight excluding hydrogens is 410 g/mol. The van der Waals surface area contributed by atoms with E-state index >= 15 is 0 Å². The Morgan fingerprint density at radius 2 is 1.90 bits per heavy atom. The summed E-state index contributed by atoms with van der Waals surface area (Å²) >= 11 is 0. The van der Waals surface area contributed by atoms with Crippen LogP contribution in [-0.2, 0) is 6.18 Å². The number of allylic oxidation sites excluding steroid dienone is 1. The van der Waals surface area contributed by atoms with Gasteiger partial charge >= 0.3 is 12.2 Å². The summed E-state index contributed by atoms with van der Waals surface area (Å²) in [6, 6.07) is 1.34. The van der Waals surface area contributed by atoms with Gasteiger partial charge in [-0.15, -0.1) is 0 Å². The SMILES string of the molecule is CC1(C)[C@H]2CC=C(CN3CCC(NC(=O)Nc4cc(F)cc(C(F)(F)F)c4)CC3)[C@@H]1C2. The molecule has 3 aliphatic carbocycles. The molecule has 170 valence electrons. The number of amides is 2. The van der Waals surface area contributed by atoms with Crippen LogP contribution in [0.1, 0.15) is 45.1 Å². The highest BCUT2D eigenvalue weighted by Crippen LogP contribution is 2.59. The Balaban J connectivity index is 1.25. The van der Waals surface area contributed by atoms with Crippen LogP contribution in [0.15, 0.2) is 29.8 Å². The molecule has 1 aliphatic heterocycles. The van der Waals surface area contributed by atoms with E-state index in [1.807, 2.05) is 0 Å². The molecule has 1 aromatic rings. The van der Waals surface area contributed by atoms with Crippen molar-refractivity contribution < 1.29 is 22.4 Å². The number of halogens is 4. The number of likely N-dealkylation sites (tertiary alicyclic amines) is 1. The number of anilines is 1. The third-order valence-corrected chi connectivity index (χ3v) is 7.39. The van der Waals surface area contributed by atoms with E-state index < -0.39 is 23.6 Å². The fourth-order valence-electron chi connectivity index (χ4n) is 5.33. The Hall–Kier alpha value is -2.09. The van der Waals surface area contributed by atoms with Crippen molar-refractivity contribution in [2.45, 2.75) is 51.7 Å². The van der Waals surface area contributed by atoms with Crippen LogP contribution in [0.5, 0.6) is 0 Å². The minimum atomic E-state index is -4.68. The second-order valence-electron chi connectivity index (χ2n) is 9.70. The highest BCUT2D eigenvalue weighted by atomic mass is 19.4. The zero-order valence-corrected chi connectivity index (χ0v) is 17.9. The minimum absolute atomic E-state index is 0.0586. The topological polar surface area (TPSA) is 44.4 Å². The third kappa shape index (κ3) is 4.73. The van der Waals surface area contributed by atoms with E-state index in [-0.39, 0.29) is 11.7 Å². The molecule has 2 bridgehead atoms. The molecule has 2 amide bonds. The third-order valence-electron chi connectivity index (χ3n) is 7.39. The van der Waals surface area contributed by atoms with Crippen LogP contribution in [0.4, 0.5) is 28.0 Å². The van der Waals surface area contributed by atoms with E-state index in [0.29, 0.717) is 17.4 Å². The molecule has 0 unspecified atom stereocenters. The number of carbonyl (C=O) groups is 1. The van der Waals surface area contributed by atoms with Crippen molar-refractivity contribution in [2.24, 2.45) is 17.3 Å². The van der Waals surface area contributed by atoms with Gasteiger partial charge < -0.3 is 10.6 Å². The Labute approximate surface area is 180 Å². The van der Waals surface area contributed by atoms with Gasteiger partial charge in [0.1, 0.15) is 5.82 Å². The minimum Gasteiger partial charge on any atom is -0.335 e. The van der Waals surface area contributed by atoms with Gasteiger partial charge in [-0.1, -0.05) is 25.5 Å². The van der Waals surface area contributed by atoms with E-state index in [2.05, 4.69) is 35.5 Å². The summed E-state index contributed by atoms with van der Waals surface area (Å²) < 4.78 is 52.0. The zero-order chi connectivity index (χ0) is 22.4. The molecular formula is C23H29F4N3O. The van der Waals surface area contributed by atoms with Gasteiger partial charge in [-0.3, -0.25) is 4.90 Å². The van der Waals surface area contributed by atoms with Crippen molar-refractivity contribution in [3.05, 3.63) is 41.2 Å². The predicted octanol–water partition coefficient (Wildman–Crippen LogP) is 5.42. The Bertz CT molecular complexity index is 872. The smallest absolute Gasteiger partial charge is 0.335 e. The number of piperidine rings is 1. The maximum absolute atomic E-state index is 13.5. The molecule has 0 spiro atoms. The molecule has 0 aromatic heterocycles. The normalized spacial score (nSPS) is 26.1. The lowest BCUT2D eigenvalue weighted by Gasteiger charge is -2.57. The van der Waals surface area contributed by atoms with Gasteiger partial charge in [0.2, 0.25) is 0 Å². The van der Waals surface area contributed by atoms with Crippen LogP contribution < -0.4 is 10.6 Å². The van der Waals surface area contributed by atoms with Gasteiger partial charge in [-0.05, 0) is 61.1 Å². The van der Waals surface area contributed by atoms with Gasteiger partial charge in [0.25, 0.3) is 0 Å². The Kier molecular flexibility index (Phi) is 5.79. The van der Waals surface area contributed by atoms with Crippen molar-refractivity contribution in [1.29, 1.82) is 0 Å². The largest absolute Gasteiger partial charge is 0.416 e. The number of hydrogen-bond acceptors (Lipinski definition) is 2. The van der Waals surface area contributed by atoms with Gasteiger partial charge in [-0.2, -0.15) is 13.2 Å². The summed E-state index contributed by atoms with van der Waals surface area (Å²) in [5.41, 5.74) is 0.607. The Morgan fingerprint density at radius 3 is 2.52 bits per heavy atom. The summed E-state index contributed by atoms with van der Waals surface area (Å²) in [5.74, 6) is 0.456. The number of rotatable bonds is 4. The first kappa shape index (κ1) is 22.1. The number of fused-ring (bicyclic) bond motifs is 1. The van der Waals surface area contributed by atoms with Gasteiger partial charge in [0.05, 0.1) is 5.56 Å². The maximum atomic E-state index is 13.5. The molecule has 1 saturated heterocycles. The molecule has 1 aromatic carbocycles. The van der Waals surface area contributed by atoms with Crippen LogP contribution >= 0.6 is 0 Å². The Morgan fingerprint density at radius 1 is 1.19 bits per heavy atom. The molecule has 2 N–H and O–H groups in total. The van der Waals surface area contributed by atoms with Crippen LogP contribution in [0.2, 0.25) is 0 Å². The first-order valence-corrected chi connectivity index (χ1v) is 10.9. The van der Waals surface area contributed by atoms with E-state index in [1.165, 1.54) is 12.8 Å². The number of hydrogen-bond donors (Lipinski definition) is 2. The molecule has 1 heterocycles. The van der Waals surface area contributed by atoms with Crippen LogP contribution in [0.3, 0.4) is 0 Å². The second-order valence-corrected chi connectivity index (χ2v) is 9.70. The summed E-state index contributed by atoms with van der Waals surface area (Å²) in [4.78, 5) is 14.6. The van der Waals surface area contributed by atoms with Crippen LogP contribution in [0.25, 0.3) is 0 Å². The zero-order valence-electron chi connectivity index (χ0n) is 17.9. The average molecular weight is 439 g/mol. The van der Waals surface area contributed by atoms with E-state index in [1.54, 1.807) is 5.57 Å². The lowest BCUT2D eigenvalue weighted by molar-refractivity contribution is -0.137. The second kappa shape index (κ2) is 8.11. The standard InChI is InChI=1S/C23H29F4N3O/c1-22(2)15-4-3-14(20(22)11-15)13-30-7-5-18(6-8-30)28-21(31)29-19-10-16(23(25,26)27)9-17(24)12-19/h3,9-10,12,15,18,20H,4-8,11,13H2,1-2H3,(H2,28,29,31)/t15-,20-/m0/s1. The molecule has 2 fully saturated rings. The molecule has 0 radical (unpaired) electrons. The number of urea groups is 1. The molecule has 4 nitrogen and oxygen atoms in total. The van der Waals surface area contributed by atoms with Crippen molar-refractivity contribution in [1.82, 2.24) is 10.2 Å². The van der Waals surface area contributed by atoms with E-state index in [4.69, 9.17) is 0 Å². The van der Waals surface area contributed by atoms with Crippen molar-refractivity contribution in [2.75, 3.05) is 25.0 Å². The molecule has 5 rings (SSSR count). The number of benzene rings is 1. The highest BCUT2D eigenvalue weighted by molar-refractivity contribution is 5.89.